The van der Waals surface area contributed by atoms with Crippen molar-refractivity contribution in [3.8, 4) is 11.5 Å². The average molecular weight is 521 g/mol. The lowest BCUT2D eigenvalue weighted by atomic mass is 10.2. The number of nitrogens with zero attached hydrogens (tertiary/aromatic N) is 2. The summed E-state index contributed by atoms with van der Waals surface area (Å²) in [5.74, 6) is -0.827. The van der Waals surface area contributed by atoms with Crippen LogP contribution >= 0.6 is 23.4 Å². The van der Waals surface area contributed by atoms with E-state index in [1.807, 2.05) is 0 Å². The maximum atomic E-state index is 12.4. The van der Waals surface area contributed by atoms with Crippen LogP contribution in [0.3, 0.4) is 0 Å². The number of ether oxygens (including phenoxy) is 2. The zero-order valence-corrected chi connectivity index (χ0v) is 19.0. The number of carbonyl (C=O) groups excluding carboxylic acids is 1. The van der Waals surface area contributed by atoms with Crippen molar-refractivity contribution in [3.63, 3.8) is 0 Å². The van der Waals surface area contributed by atoms with Gasteiger partial charge in [-0.25, -0.2) is 8.42 Å². The Hall–Kier alpha value is -2.44. The topological polar surface area (TPSA) is 85.3 Å². The first-order valence-electron chi connectivity index (χ1n) is 9.51. The van der Waals surface area contributed by atoms with Crippen LogP contribution in [0.5, 0.6) is 11.5 Å². The molecule has 2 aliphatic rings. The van der Waals surface area contributed by atoms with Gasteiger partial charge in [-0.15, -0.1) is 13.2 Å². The lowest BCUT2D eigenvalue weighted by Gasteiger charge is -2.24. The number of aliphatic imine (C=N–C) groups is 1. The maximum absolute atomic E-state index is 12.4. The molecule has 2 heterocycles. The Balaban J connectivity index is 1.54. The van der Waals surface area contributed by atoms with Crippen molar-refractivity contribution in [2.24, 2.45) is 4.99 Å². The second kappa shape index (κ2) is 9.07. The lowest BCUT2D eigenvalue weighted by Crippen LogP contribution is -2.37. The minimum absolute atomic E-state index is 0.0808. The number of sulfone groups is 1. The fourth-order valence-corrected chi connectivity index (χ4v) is 7.55. The van der Waals surface area contributed by atoms with Gasteiger partial charge in [0.05, 0.1) is 17.5 Å². The number of amides is 1. The summed E-state index contributed by atoms with van der Waals surface area (Å²) < 4.78 is 70.9. The zero-order chi connectivity index (χ0) is 23.8. The molecule has 0 unspecified atom stereocenters. The highest BCUT2D eigenvalue weighted by atomic mass is 35.5. The molecule has 2 aliphatic heterocycles. The van der Waals surface area contributed by atoms with E-state index in [0.717, 1.165) is 23.9 Å². The van der Waals surface area contributed by atoms with Crippen LogP contribution in [0.2, 0.25) is 5.02 Å². The Kier molecular flexibility index (Phi) is 6.52. The van der Waals surface area contributed by atoms with Crippen molar-refractivity contribution in [2.45, 2.75) is 17.7 Å². The first-order chi connectivity index (χ1) is 15.5. The number of hydrogen-bond acceptors (Lipinski definition) is 6. The van der Waals surface area contributed by atoms with E-state index in [4.69, 9.17) is 16.3 Å². The summed E-state index contributed by atoms with van der Waals surface area (Å²) in [6, 6.07) is 10.9. The Morgan fingerprint density at radius 3 is 2.36 bits per heavy atom. The third kappa shape index (κ3) is 5.92. The van der Waals surface area contributed by atoms with Gasteiger partial charge in [0.1, 0.15) is 11.5 Å². The molecule has 0 aromatic heterocycles. The summed E-state index contributed by atoms with van der Waals surface area (Å²) in [5, 5.41) is 0.416. The fourth-order valence-electron chi connectivity index (χ4n) is 3.49. The predicted molar refractivity (Wildman–Crippen MR) is 119 cm³/mol. The quantitative estimate of drug-likeness (QED) is 0.590. The molecule has 13 heteroatoms. The Bertz CT molecular complexity index is 1170. The van der Waals surface area contributed by atoms with E-state index in [1.165, 1.54) is 12.1 Å². The number of carbonyl (C=O) groups is 1. The van der Waals surface area contributed by atoms with Crippen LogP contribution in [-0.4, -0.2) is 55.3 Å². The first-order valence-corrected chi connectivity index (χ1v) is 12.6. The summed E-state index contributed by atoms with van der Waals surface area (Å²) in [4.78, 5) is 18.1. The normalized spacial score (nSPS) is 22.9. The van der Waals surface area contributed by atoms with Crippen LogP contribution < -0.4 is 14.4 Å². The number of amidine groups is 1. The molecular weight excluding hydrogens is 505 g/mol. The number of rotatable bonds is 5. The van der Waals surface area contributed by atoms with Gasteiger partial charge in [-0.2, -0.15) is 4.99 Å². The molecule has 4 rings (SSSR count). The largest absolute Gasteiger partial charge is 0.573 e. The van der Waals surface area contributed by atoms with Crippen molar-refractivity contribution < 1.29 is 35.9 Å². The van der Waals surface area contributed by atoms with Gasteiger partial charge in [-0.3, -0.25) is 4.79 Å². The molecule has 176 valence electrons. The summed E-state index contributed by atoms with van der Waals surface area (Å²) >= 11 is 6.96. The maximum Gasteiger partial charge on any atom is 0.573 e. The number of anilines is 1. The molecule has 0 radical (unpaired) electrons. The van der Waals surface area contributed by atoms with Crippen LogP contribution in [0, 0.1) is 0 Å². The van der Waals surface area contributed by atoms with E-state index in [1.54, 1.807) is 29.2 Å². The van der Waals surface area contributed by atoms with Gasteiger partial charge in [0.2, 0.25) is 0 Å². The van der Waals surface area contributed by atoms with E-state index < -0.39 is 33.9 Å². The molecule has 2 aromatic rings. The minimum Gasteiger partial charge on any atom is -0.484 e. The Labute approximate surface area is 196 Å². The summed E-state index contributed by atoms with van der Waals surface area (Å²) in [7, 11) is -3.29. The molecule has 0 bridgehead atoms. The molecule has 2 aromatic carbocycles. The minimum atomic E-state index is -4.83. The van der Waals surface area contributed by atoms with Crippen molar-refractivity contribution in [2.75, 3.05) is 23.0 Å². The van der Waals surface area contributed by atoms with Gasteiger partial charge in [0, 0.05) is 16.0 Å². The van der Waals surface area contributed by atoms with Gasteiger partial charge >= 0.3 is 6.36 Å². The highest BCUT2D eigenvalue weighted by Gasteiger charge is 2.49. The van der Waals surface area contributed by atoms with E-state index in [0.29, 0.717) is 16.5 Å². The van der Waals surface area contributed by atoms with Crippen LogP contribution in [0.25, 0.3) is 0 Å². The van der Waals surface area contributed by atoms with E-state index >= 15 is 0 Å². The number of alkyl halides is 3. The highest BCUT2D eigenvalue weighted by molar-refractivity contribution is 8.16. The lowest BCUT2D eigenvalue weighted by molar-refractivity contribution is -0.274. The third-order valence-corrected chi connectivity index (χ3v) is 8.27. The smallest absolute Gasteiger partial charge is 0.484 e. The number of fused-ring (bicyclic) bond motifs is 1. The van der Waals surface area contributed by atoms with Crippen LogP contribution in [-0.2, 0) is 14.6 Å². The molecule has 0 spiro atoms. The molecule has 1 amide bonds. The fraction of sp³-hybridized carbons (Fsp3) is 0.300. The summed E-state index contributed by atoms with van der Waals surface area (Å²) in [6.07, 6.45) is -4.83. The Morgan fingerprint density at radius 2 is 1.73 bits per heavy atom. The van der Waals surface area contributed by atoms with Crippen molar-refractivity contribution in [1.82, 2.24) is 0 Å². The summed E-state index contributed by atoms with van der Waals surface area (Å²) in [5.41, 5.74) is 0.395. The number of hydrogen-bond donors (Lipinski definition) is 0. The molecule has 0 aliphatic carbocycles. The third-order valence-electron chi connectivity index (χ3n) is 4.81. The molecule has 0 saturated carbocycles. The van der Waals surface area contributed by atoms with Gasteiger partial charge in [0.25, 0.3) is 5.91 Å². The van der Waals surface area contributed by atoms with Gasteiger partial charge in [-0.05, 0) is 48.5 Å². The van der Waals surface area contributed by atoms with Crippen molar-refractivity contribution in [3.05, 3.63) is 53.6 Å². The van der Waals surface area contributed by atoms with Crippen molar-refractivity contribution >= 4 is 50.0 Å². The predicted octanol–water partition coefficient (Wildman–Crippen LogP) is 3.92. The van der Waals surface area contributed by atoms with Gasteiger partial charge in [0.15, 0.2) is 21.6 Å². The van der Waals surface area contributed by atoms with E-state index in [2.05, 4.69) is 9.73 Å². The highest BCUT2D eigenvalue weighted by Crippen LogP contribution is 2.41. The number of benzene rings is 2. The average Bonchev–Trinajstić information content (AvgIpc) is 3.18. The SMILES string of the molecule is O=C(COc1ccc(Cl)cc1)N=C1S[C@H]2CS(=O)(=O)C[C@H]2N1c1ccc(OC(F)(F)F)cc1. The number of halogens is 4. The molecular formula is C20H16ClF3N2O5S2. The Morgan fingerprint density at radius 1 is 1.09 bits per heavy atom. The van der Waals surface area contributed by atoms with Gasteiger partial charge in [-0.1, -0.05) is 23.4 Å². The molecule has 2 fully saturated rings. The summed E-state index contributed by atoms with van der Waals surface area (Å²) in [6.45, 7) is -0.356. The molecule has 33 heavy (non-hydrogen) atoms. The zero-order valence-electron chi connectivity index (χ0n) is 16.7. The van der Waals surface area contributed by atoms with Crippen LogP contribution in [0.4, 0.5) is 18.9 Å². The van der Waals surface area contributed by atoms with Crippen LogP contribution in [0.1, 0.15) is 0 Å². The first kappa shape index (κ1) is 23.7. The second-order valence-electron chi connectivity index (χ2n) is 7.24. The molecule has 2 saturated heterocycles. The number of thioether (sulfide) groups is 1. The van der Waals surface area contributed by atoms with E-state index in [9.17, 15) is 26.4 Å². The second-order valence-corrected chi connectivity index (χ2v) is 11.0. The van der Waals surface area contributed by atoms with Crippen LogP contribution in [0.15, 0.2) is 53.5 Å². The monoisotopic (exact) mass is 520 g/mol. The standard InChI is InChI=1S/C20H16ClF3N2O5S2/c21-12-1-5-14(6-2-12)30-9-18(27)25-19-26(16-10-33(28,29)11-17(16)32-19)13-3-7-15(8-4-13)31-20(22,23)24/h1-8,16-17H,9-11H2/t16-,17+/m1/s1. The molecule has 2 atom stereocenters. The van der Waals surface area contributed by atoms with Gasteiger partial charge < -0.3 is 14.4 Å². The molecule has 7 nitrogen and oxygen atoms in total. The van der Waals surface area contributed by atoms with Crippen molar-refractivity contribution in [1.29, 1.82) is 0 Å². The van der Waals surface area contributed by atoms with E-state index in [-0.39, 0.29) is 28.5 Å². The molecule has 0 N–H and O–H groups in total.